The Hall–Kier alpha value is -1.03. The summed E-state index contributed by atoms with van der Waals surface area (Å²) in [5.74, 6) is 0.117. The molecule has 0 aromatic carbocycles. The highest BCUT2D eigenvalue weighted by molar-refractivity contribution is 6.31. The Morgan fingerprint density at radius 1 is 1.56 bits per heavy atom. The van der Waals surface area contributed by atoms with Crippen LogP contribution in [0.25, 0.3) is 0 Å². The molecule has 0 amide bonds. The van der Waals surface area contributed by atoms with Gasteiger partial charge in [0.1, 0.15) is 0 Å². The molecule has 1 aromatic rings. The smallest absolute Gasteiger partial charge is 0.330 e. The second-order valence-electron chi connectivity index (χ2n) is 4.23. The number of rotatable bonds is 3. The Bertz CT molecular complexity index is 424. The number of halogens is 1. The Morgan fingerprint density at radius 2 is 2.19 bits per heavy atom. The number of carbonyl (C=O) groups excluding carboxylic acids is 1. The maximum Gasteiger partial charge on any atom is 0.330 e. The van der Waals surface area contributed by atoms with Gasteiger partial charge in [-0.1, -0.05) is 11.6 Å². The molecule has 1 atom stereocenters. The molecule has 0 N–H and O–H groups in total. The summed E-state index contributed by atoms with van der Waals surface area (Å²) in [5, 5.41) is 4.96. The largest absolute Gasteiger partial charge is 0.467 e. The third-order valence-corrected chi connectivity index (χ3v) is 3.56. The van der Waals surface area contributed by atoms with E-state index in [4.69, 9.17) is 16.3 Å². The van der Waals surface area contributed by atoms with Crippen molar-refractivity contribution in [2.75, 3.05) is 7.11 Å². The predicted octanol–water partition coefficient (Wildman–Crippen LogP) is 2.28. The maximum atomic E-state index is 11.7. The molecule has 1 aliphatic rings. The Labute approximate surface area is 99.5 Å². The highest BCUT2D eigenvalue weighted by Crippen LogP contribution is 2.41. The molecule has 0 bridgehead atoms. The van der Waals surface area contributed by atoms with Crippen molar-refractivity contribution in [2.24, 2.45) is 5.92 Å². The van der Waals surface area contributed by atoms with Gasteiger partial charge in [-0.3, -0.25) is 4.68 Å². The summed E-state index contributed by atoms with van der Waals surface area (Å²) < 4.78 is 6.54. The second-order valence-corrected chi connectivity index (χ2v) is 4.61. The van der Waals surface area contributed by atoms with Crippen LogP contribution in [-0.4, -0.2) is 22.9 Å². The van der Waals surface area contributed by atoms with E-state index in [1.165, 1.54) is 7.11 Å². The highest BCUT2D eigenvalue weighted by Gasteiger charge is 2.40. The zero-order chi connectivity index (χ0) is 11.9. The van der Waals surface area contributed by atoms with E-state index >= 15 is 0 Å². The van der Waals surface area contributed by atoms with E-state index in [2.05, 4.69) is 5.10 Å². The Morgan fingerprint density at radius 3 is 2.56 bits per heavy atom. The fourth-order valence-electron chi connectivity index (χ4n) is 1.94. The lowest BCUT2D eigenvalue weighted by Gasteiger charge is -2.15. The standard InChI is InChI=1S/C11H15ClN2O2/c1-6-9(12)7(2)14(13-6)10(8-4-5-8)11(15)16-3/h8,10H,4-5H2,1-3H3. The van der Waals surface area contributed by atoms with Crippen LogP contribution < -0.4 is 0 Å². The molecule has 0 spiro atoms. The normalized spacial score (nSPS) is 17.2. The van der Waals surface area contributed by atoms with E-state index in [9.17, 15) is 4.79 Å². The van der Waals surface area contributed by atoms with Crippen molar-refractivity contribution in [1.29, 1.82) is 0 Å². The number of aryl methyl sites for hydroxylation is 1. The number of hydrogen-bond acceptors (Lipinski definition) is 3. The molecule has 0 radical (unpaired) electrons. The third-order valence-electron chi connectivity index (χ3n) is 3.01. The minimum Gasteiger partial charge on any atom is -0.467 e. The lowest BCUT2D eigenvalue weighted by Crippen LogP contribution is -2.24. The molecule has 1 saturated carbocycles. The fraction of sp³-hybridized carbons (Fsp3) is 0.636. The van der Waals surface area contributed by atoms with Gasteiger partial charge in [-0.05, 0) is 32.6 Å². The molecule has 0 aliphatic heterocycles. The van der Waals surface area contributed by atoms with Gasteiger partial charge in [0, 0.05) is 0 Å². The fourth-order valence-corrected chi connectivity index (χ4v) is 2.06. The lowest BCUT2D eigenvalue weighted by atomic mass is 10.2. The van der Waals surface area contributed by atoms with Gasteiger partial charge in [-0.2, -0.15) is 5.10 Å². The lowest BCUT2D eigenvalue weighted by molar-refractivity contribution is -0.145. The van der Waals surface area contributed by atoms with Crippen LogP contribution in [0.3, 0.4) is 0 Å². The van der Waals surface area contributed by atoms with E-state index in [0.717, 1.165) is 24.2 Å². The van der Waals surface area contributed by atoms with Crippen molar-refractivity contribution in [2.45, 2.75) is 32.7 Å². The van der Waals surface area contributed by atoms with E-state index in [1.54, 1.807) is 4.68 Å². The minimum absolute atomic E-state index is 0.232. The summed E-state index contributed by atoms with van der Waals surface area (Å²) >= 11 is 6.08. The average molecular weight is 243 g/mol. The van der Waals surface area contributed by atoms with Crippen LogP contribution in [0.1, 0.15) is 30.3 Å². The van der Waals surface area contributed by atoms with Gasteiger partial charge in [0.15, 0.2) is 6.04 Å². The molecule has 1 aromatic heterocycles. The Balaban J connectivity index is 2.38. The molecule has 1 heterocycles. The van der Waals surface area contributed by atoms with Gasteiger partial charge >= 0.3 is 5.97 Å². The number of esters is 1. The number of hydrogen-bond donors (Lipinski definition) is 0. The van der Waals surface area contributed by atoms with Crippen LogP contribution in [0.4, 0.5) is 0 Å². The van der Waals surface area contributed by atoms with Crippen molar-refractivity contribution >= 4 is 17.6 Å². The van der Waals surface area contributed by atoms with E-state index < -0.39 is 0 Å². The van der Waals surface area contributed by atoms with E-state index in [0.29, 0.717) is 10.9 Å². The SMILES string of the molecule is COC(=O)C(C1CC1)n1nc(C)c(Cl)c1C. The summed E-state index contributed by atoms with van der Waals surface area (Å²) in [6.07, 6.45) is 2.10. The average Bonchev–Trinajstić information content (AvgIpc) is 3.05. The number of aromatic nitrogens is 2. The molecule has 2 rings (SSSR count). The van der Waals surface area contributed by atoms with Crippen LogP contribution in [0.2, 0.25) is 5.02 Å². The monoisotopic (exact) mass is 242 g/mol. The summed E-state index contributed by atoms with van der Waals surface area (Å²) in [6, 6.07) is -0.309. The summed E-state index contributed by atoms with van der Waals surface area (Å²) in [4.78, 5) is 11.7. The molecular formula is C11H15ClN2O2. The highest BCUT2D eigenvalue weighted by atomic mass is 35.5. The first kappa shape index (κ1) is 11.5. The van der Waals surface area contributed by atoms with Crippen LogP contribution in [-0.2, 0) is 9.53 Å². The Kier molecular flexibility index (Phi) is 2.93. The zero-order valence-electron chi connectivity index (χ0n) is 9.66. The molecule has 88 valence electrons. The number of methoxy groups -OCH3 is 1. The van der Waals surface area contributed by atoms with Crippen molar-refractivity contribution < 1.29 is 9.53 Å². The van der Waals surface area contributed by atoms with Crippen LogP contribution in [0.15, 0.2) is 0 Å². The van der Waals surface area contributed by atoms with Gasteiger partial charge in [-0.15, -0.1) is 0 Å². The maximum absolute atomic E-state index is 11.7. The molecule has 1 aliphatic carbocycles. The molecule has 16 heavy (non-hydrogen) atoms. The molecule has 1 unspecified atom stereocenters. The number of ether oxygens (including phenoxy) is 1. The molecular weight excluding hydrogens is 228 g/mol. The van der Waals surface area contributed by atoms with Crippen molar-refractivity contribution in [1.82, 2.24) is 9.78 Å². The van der Waals surface area contributed by atoms with Crippen molar-refractivity contribution in [3.05, 3.63) is 16.4 Å². The van der Waals surface area contributed by atoms with Gasteiger partial charge in [0.05, 0.1) is 23.5 Å². The number of carbonyl (C=O) groups is 1. The molecule has 5 heteroatoms. The zero-order valence-corrected chi connectivity index (χ0v) is 10.4. The molecule has 4 nitrogen and oxygen atoms in total. The molecule has 1 fully saturated rings. The van der Waals surface area contributed by atoms with Crippen molar-refractivity contribution in [3.8, 4) is 0 Å². The third kappa shape index (κ3) is 1.82. The summed E-state index contributed by atoms with van der Waals surface area (Å²) in [7, 11) is 1.41. The van der Waals surface area contributed by atoms with Gasteiger partial charge in [0.2, 0.25) is 0 Å². The minimum atomic E-state index is -0.309. The van der Waals surface area contributed by atoms with E-state index in [1.807, 2.05) is 13.8 Å². The quantitative estimate of drug-likeness (QED) is 0.764. The first-order valence-corrected chi connectivity index (χ1v) is 5.73. The van der Waals surface area contributed by atoms with Gasteiger partial charge in [0.25, 0.3) is 0 Å². The summed E-state index contributed by atoms with van der Waals surface area (Å²) in [5.41, 5.74) is 1.59. The van der Waals surface area contributed by atoms with Crippen LogP contribution in [0, 0.1) is 19.8 Å². The molecule has 0 saturated heterocycles. The first-order valence-electron chi connectivity index (χ1n) is 5.35. The predicted molar refractivity (Wildman–Crippen MR) is 60.5 cm³/mol. The topological polar surface area (TPSA) is 44.1 Å². The van der Waals surface area contributed by atoms with E-state index in [-0.39, 0.29) is 12.0 Å². The number of nitrogens with zero attached hydrogens (tertiary/aromatic N) is 2. The van der Waals surface area contributed by atoms with Crippen LogP contribution >= 0.6 is 11.6 Å². The second kappa shape index (κ2) is 4.09. The van der Waals surface area contributed by atoms with Crippen molar-refractivity contribution in [3.63, 3.8) is 0 Å². The van der Waals surface area contributed by atoms with Gasteiger partial charge < -0.3 is 4.74 Å². The summed E-state index contributed by atoms with van der Waals surface area (Å²) in [6.45, 7) is 3.72. The van der Waals surface area contributed by atoms with Crippen LogP contribution in [0.5, 0.6) is 0 Å². The van der Waals surface area contributed by atoms with Gasteiger partial charge in [-0.25, -0.2) is 4.79 Å². The first-order chi connectivity index (χ1) is 7.56.